The monoisotopic (exact) mass is 333 g/mol. The lowest BCUT2D eigenvalue weighted by Gasteiger charge is -2.49. The molecule has 0 unspecified atom stereocenters. The molecule has 24 heavy (non-hydrogen) atoms. The van der Waals surface area contributed by atoms with Gasteiger partial charge in [-0.1, -0.05) is 27.2 Å². The molecule has 1 aromatic rings. The van der Waals surface area contributed by atoms with E-state index in [2.05, 4.69) is 37.5 Å². The van der Waals surface area contributed by atoms with Crippen LogP contribution in [0.25, 0.3) is 0 Å². The molecule has 134 valence electrons. The molecule has 0 aromatic carbocycles. The summed E-state index contributed by atoms with van der Waals surface area (Å²) in [6, 6.07) is 3.23. The molecule has 0 aliphatic carbocycles. The van der Waals surface area contributed by atoms with Crippen LogP contribution in [0.5, 0.6) is 0 Å². The number of nitrogens with two attached hydrogens (primary N) is 1. The fourth-order valence-electron chi connectivity index (χ4n) is 4.09. The van der Waals surface area contributed by atoms with Crippen LogP contribution in [0.2, 0.25) is 0 Å². The zero-order chi connectivity index (χ0) is 17.5. The highest BCUT2D eigenvalue weighted by atomic mass is 16.4. The summed E-state index contributed by atoms with van der Waals surface area (Å²) in [5, 5.41) is 0. The highest BCUT2D eigenvalue weighted by Crippen LogP contribution is 2.32. The van der Waals surface area contributed by atoms with E-state index in [1.165, 1.54) is 25.8 Å². The lowest BCUT2D eigenvalue weighted by atomic mass is 9.90. The Balaban J connectivity index is 1.64. The Morgan fingerprint density at radius 3 is 2.62 bits per heavy atom. The Morgan fingerprint density at radius 2 is 2.04 bits per heavy atom. The van der Waals surface area contributed by atoms with Crippen LogP contribution in [0.1, 0.15) is 68.8 Å². The number of rotatable bonds is 4. The van der Waals surface area contributed by atoms with Gasteiger partial charge in [0.25, 0.3) is 5.91 Å². The minimum absolute atomic E-state index is 0.130. The number of piperidine rings is 1. The first-order chi connectivity index (χ1) is 11.3. The molecule has 3 heterocycles. The molecule has 2 fully saturated rings. The van der Waals surface area contributed by atoms with Crippen LogP contribution in [0.3, 0.4) is 0 Å². The number of amides is 1. The Bertz CT molecular complexity index is 596. The Labute approximate surface area is 145 Å². The molecule has 2 saturated heterocycles. The van der Waals surface area contributed by atoms with Crippen LogP contribution >= 0.6 is 0 Å². The molecule has 1 amide bonds. The third-order valence-corrected chi connectivity index (χ3v) is 5.39. The number of carbonyl (C=O) groups excluding carboxylic acids is 1. The molecular weight excluding hydrogens is 302 g/mol. The Hall–Kier alpha value is -1.33. The molecule has 1 aromatic heterocycles. The van der Waals surface area contributed by atoms with Crippen molar-refractivity contribution in [3.8, 4) is 0 Å². The van der Waals surface area contributed by atoms with Gasteiger partial charge in [-0.2, -0.15) is 0 Å². The summed E-state index contributed by atoms with van der Waals surface area (Å²) in [6.07, 6.45) is 4.03. The zero-order valence-electron chi connectivity index (χ0n) is 15.5. The van der Waals surface area contributed by atoms with Gasteiger partial charge in [0.15, 0.2) is 5.76 Å². The van der Waals surface area contributed by atoms with E-state index in [0.717, 1.165) is 31.0 Å². The molecule has 2 aliphatic rings. The Kier molecular flexibility index (Phi) is 4.76. The number of carbonyl (C=O) groups is 1. The average Bonchev–Trinajstić information content (AvgIpc) is 2.88. The molecule has 3 rings (SSSR count). The van der Waals surface area contributed by atoms with E-state index in [4.69, 9.17) is 10.2 Å². The van der Waals surface area contributed by atoms with Crippen LogP contribution in [0.15, 0.2) is 10.5 Å². The van der Waals surface area contributed by atoms with E-state index in [1.54, 1.807) is 0 Å². The number of hydrogen-bond acceptors (Lipinski definition) is 4. The van der Waals surface area contributed by atoms with Crippen LogP contribution < -0.4 is 5.73 Å². The highest BCUT2D eigenvalue weighted by Gasteiger charge is 2.36. The summed E-state index contributed by atoms with van der Waals surface area (Å²) in [4.78, 5) is 16.6. The molecular formula is C19H31N3O2. The lowest BCUT2D eigenvalue weighted by Crippen LogP contribution is -2.61. The molecule has 0 spiro atoms. The lowest BCUT2D eigenvalue weighted by molar-refractivity contribution is -0.00654. The van der Waals surface area contributed by atoms with Crippen molar-refractivity contribution in [1.29, 1.82) is 0 Å². The van der Waals surface area contributed by atoms with E-state index in [0.29, 0.717) is 12.1 Å². The molecule has 5 nitrogen and oxygen atoms in total. The van der Waals surface area contributed by atoms with Gasteiger partial charge in [-0.05, 0) is 32.4 Å². The van der Waals surface area contributed by atoms with Crippen molar-refractivity contribution in [1.82, 2.24) is 9.80 Å². The third kappa shape index (κ3) is 3.52. The highest BCUT2D eigenvalue weighted by molar-refractivity contribution is 5.90. The van der Waals surface area contributed by atoms with Gasteiger partial charge in [0.1, 0.15) is 5.76 Å². The largest absolute Gasteiger partial charge is 0.455 e. The minimum Gasteiger partial charge on any atom is -0.455 e. The average molecular weight is 333 g/mol. The van der Waals surface area contributed by atoms with Crippen LogP contribution in [0, 0.1) is 0 Å². The summed E-state index contributed by atoms with van der Waals surface area (Å²) < 4.78 is 5.76. The second-order valence-corrected chi connectivity index (χ2v) is 8.51. The second-order valence-electron chi connectivity index (χ2n) is 8.51. The van der Waals surface area contributed by atoms with Gasteiger partial charge >= 0.3 is 0 Å². The fourth-order valence-corrected chi connectivity index (χ4v) is 4.09. The van der Waals surface area contributed by atoms with Crippen LogP contribution in [-0.4, -0.2) is 47.4 Å². The molecule has 5 heteroatoms. The quantitative estimate of drug-likeness (QED) is 0.920. The molecule has 0 bridgehead atoms. The SMILES string of the molecule is C[C@@H]1CCCCN1C1CN(Cc2cc(C(N)=O)oc2C(C)(C)C)C1. The molecule has 0 saturated carbocycles. The van der Waals surface area contributed by atoms with Crippen LogP contribution in [-0.2, 0) is 12.0 Å². The van der Waals surface area contributed by atoms with Crippen molar-refractivity contribution in [3.05, 3.63) is 23.2 Å². The maximum absolute atomic E-state index is 11.5. The number of furan rings is 1. The van der Waals surface area contributed by atoms with E-state index in [9.17, 15) is 4.79 Å². The second kappa shape index (κ2) is 6.52. The first kappa shape index (κ1) is 17.5. The standard InChI is InChI=1S/C19H31N3O2/c1-13-7-5-6-8-22(13)15-11-21(12-15)10-14-9-16(18(20)23)24-17(14)19(2,3)4/h9,13,15H,5-8,10-12H2,1-4H3,(H2,20,23)/t13-/m1/s1. The van der Waals surface area contributed by atoms with Gasteiger partial charge in [-0.25, -0.2) is 0 Å². The van der Waals surface area contributed by atoms with Gasteiger partial charge in [0.2, 0.25) is 0 Å². The fraction of sp³-hybridized carbons (Fsp3) is 0.737. The maximum Gasteiger partial charge on any atom is 0.284 e. The summed E-state index contributed by atoms with van der Waals surface area (Å²) >= 11 is 0. The third-order valence-electron chi connectivity index (χ3n) is 5.39. The van der Waals surface area contributed by atoms with Gasteiger partial charge in [0.05, 0.1) is 0 Å². The maximum atomic E-state index is 11.5. The van der Waals surface area contributed by atoms with Crippen molar-refractivity contribution in [3.63, 3.8) is 0 Å². The summed E-state index contributed by atoms with van der Waals surface area (Å²) in [7, 11) is 0. The predicted molar refractivity (Wildman–Crippen MR) is 95.0 cm³/mol. The van der Waals surface area contributed by atoms with Crippen LogP contribution in [0.4, 0.5) is 0 Å². The number of hydrogen-bond donors (Lipinski definition) is 1. The molecule has 0 radical (unpaired) electrons. The van der Waals surface area contributed by atoms with Crippen molar-refractivity contribution in [2.75, 3.05) is 19.6 Å². The van der Waals surface area contributed by atoms with Gasteiger partial charge in [-0.15, -0.1) is 0 Å². The minimum atomic E-state index is -0.490. The number of nitrogens with zero attached hydrogens (tertiary/aromatic N) is 2. The summed E-state index contributed by atoms with van der Waals surface area (Å²) in [5.74, 6) is 0.665. The number of primary amides is 1. The van der Waals surface area contributed by atoms with E-state index < -0.39 is 5.91 Å². The Morgan fingerprint density at radius 1 is 1.33 bits per heavy atom. The van der Waals surface area contributed by atoms with Crippen molar-refractivity contribution >= 4 is 5.91 Å². The summed E-state index contributed by atoms with van der Waals surface area (Å²) in [5.41, 5.74) is 6.37. The van der Waals surface area contributed by atoms with Crippen molar-refractivity contribution < 1.29 is 9.21 Å². The van der Waals surface area contributed by atoms with Crippen molar-refractivity contribution in [2.45, 2.75) is 71.0 Å². The normalized spacial score (nSPS) is 24.1. The first-order valence-electron chi connectivity index (χ1n) is 9.17. The van der Waals surface area contributed by atoms with E-state index in [-0.39, 0.29) is 11.2 Å². The van der Waals surface area contributed by atoms with E-state index in [1.807, 2.05) is 6.07 Å². The van der Waals surface area contributed by atoms with Gasteiger partial charge in [0, 0.05) is 42.7 Å². The predicted octanol–water partition coefficient (Wildman–Crippen LogP) is 2.73. The van der Waals surface area contributed by atoms with Crippen molar-refractivity contribution in [2.24, 2.45) is 5.73 Å². The van der Waals surface area contributed by atoms with Gasteiger partial charge in [-0.3, -0.25) is 14.6 Å². The molecule has 1 atom stereocenters. The summed E-state index contributed by atoms with van der Waals surface area (Å²) in [6.45, 7) is 13.0. The zero-order valence-corrected chi connectivity index (χ0v) is 15.5. The topological polar surface area (TPSA) is 62.7 Å². The first-order valence-corrected chi connectivity index (χ1v) is 9.17. The van der Waals surface area contributed by atoms with Gasteiger partial charge < -0.3 is 10.2 Å². The molecule has 2 N–H and O–H groups in total. The molecule has 2 aliphatic heterocycles. The number of likely N-dealkylation sites (tertiary alicyclic amines) is 2. The van der Waals surface area contributed by atoms with E-state index >= 15 is 0 Å². The smallest absolute Gasteiger partial charge is 0.284 e.